The minimum absolute atomic E-state index is 0.603. The number of benzene rings is 2. The zero-order valence-corrected chi connectivity index (χ0v) is 25.6. The van der Waals surface area contributed by atoms with Crippen molar-refractivity contribution in [1.82, 2.24) is 15.0 Å². The highest BCUT2D eigenvalue weighted by molar-refractivity contribution is 7.22. The molecule has 1 atom stereocenters. The molecule has 0 saturated heterocycles. The maximum absolute atomic E-state index is 12.6. The number of allylic oxidation sites excluding steroid dienone is 1. The van der Waals surface area contributed by atoms with Crippen LogP contribution in [-0.4, -0.2) is 31.6 Å². The predicted octanol–water partition coefficient (Wildman–Crippen LogP) is 8.95. The number of hydrogen-bond donors (Lipinski definition) is 1. The lowest BCUT2D eigenvalue weighted by molar-refractivity contribution is -0.160. The molecule has 2 aromatic carbocycles. The van der Waals surface area contributed by atoms with Crippen LogP contribution >= 0.6 is 22.9 Å². The van der Waals surface area contributed by atoms with Gasteiger partial charge in [-0.25, -0.2) is 9.78 Å². The van der Waals surface area contributed by atoms with E-state index in [0.717, 1.165) is 66.4 Å². The number of carboxylic acid groups (broad SMARTS) is 1. The fourth-order valence-electron chi connectivity index (χ4n) is 5.39. The Morgan fingerprint density at radius 1 is 1.02 bits per heavy atom. The number of pyridine rings is 2. The van der Waals surface area contributed by atoms with Crippen molar-refractivity contribution in [3.05, 3.63) is 93.9 Å². The van der Waals surface area contributed by atoms with Gasteiger partial charge in [0, 0.05) is 46.1 Å². The van der Waals surface area contributed by atoms with E-state index in [1.54, 1.807) is 6.20 Å². The zero-order chi connectivity index (χ0) is 29.8. The first-order valence-electron chi connectivity index (χ1n) is 13.7. The Kier molecular flexibility index (Phi) is 7.21. The molecule has 6 nitrogen and oxygen atoms in total. The monoisotopic (exact) mass is 595 g/mol. The third-order valence-electron chi connectivity index (χ3n) is 7.17. The highest BCUT2D eigenvalue weighted by atomic mass is 35.5. The molecule has 1 aliphatic rings. The van der Waals surface area contributed by atoms with E-state index in [2.05, 4.69) is 29.0 Å². The largest absolute Gasteiger partial charge is 0.479 e. The lowest BCUT2D eigenvalue weighted by Gasteiger charge is -2.28. The van der Waals surface area contributed by atoms with Gasteiger partial charge in [-0.05, 0) is 87.7 Å². The minimum atomic E-state index is -1.16. The third-order valence-corrected chi connectivity index (χ3v) is 8.56. The molecule has 0 unspecified atom stereocenters. The summed E-state index contributed by atoms with van der Waals surface area (Å²) in [6.07, 6.45) is 5.57. The molecule has 0 amide bonds. The van der Waals surface area contributed by atoms with E-state index in [1.165, 1.54) is 16.9 Å². The number of halogens is 1. The summed E-state index contributed by atoms with van der Waals surface area (Å²) in [7, 11) is 0. The number of aromatic nitrogens is 3. The van der Waals surface area contributed by atoms with Crippen molar-refractivity contribution in [2.75, 3.05) is 0 Å². The third kappa shape index (κ3) is 5.48. The van der Waals surface area contributed by atoms with Gasteiger partial charge in [-0.3, -0.25) is 9.97 Å². The van der Waals surface area contributed by atoms with Gasteiger partial charge in [0.2, 0.25) is 0 Å². The normalized spacial score (nSPS) is 13.7. The number of hydrogen-bond acceptors (Lipinski definition) is 6. The van der Waals surface area contributed by atoms with Crippen molar-refractivity contribution in [3.63, 3.8) is 0 Å². The van der Waals surface area contributed by atoms with Crippen LogP contribution in [0.3, 0.4) is 0 Å². The summed E-state index contributed by atoms with van der Waals surface area (Å²) in [6, 6.07) is 15.5. The van der Waals surface area contributed by atoms with Crippen LogP contribution in [0.1, 0.15) is 56.2 Å². The van der Waals surface area contributed by atoms with Gasteiger partial charge in [-0.1, -0.05) is 35.4 Å². The van der Waals surface area contributed by atoms with Crippen LogP contribution in [0, 0.1) is 6.92 Å². The quantitative estimate of drug-likeness (QED) is 0.211. The van der Waals surface area contributed by atoms with Crippen LogP contribution in [0.5, 0.6) is 0 Å². The number of aliphatic carboxylic acids is 1. The van der Waals surface area contributed by atoms with Gasteiger partial charge in [0.15, 0.2) is 6.10 Å². The molecule has 8 heteroatoms. The van der Waals surface area contributed by atoms with Gasteiger partial charge in [-0.2, -0.15) is 0 Å². The predicted molar refractivity (Wildman–Crippen MR) is 170 cm³/mol. The maximum atomic E-state index is 12.6. The molecule has 212 valence electrons. The molecule has 3 aromatic heterocycles. The van der Waals surface area contributed by atoms with Crippen LogP contribution in [0.2, 0.25) is 5.02 Å². The Morgan fingerprint density at radius 3 is 2.50 bits per heavy atom. The SMILES string of the molecule is CC1=Cc2cc(-c3cc(-c4nc5cc(C)c([C@H](OC(C)(C)C)C(=O)O)c(-c6ccc(Cl)cc6)c5s4)ccn3)cnc2C1. The fraction of sp³-hybridized carbons (Fsp3) is 0.235. The molecule has 5 aromatic rings. The summed E-state index contributed by atoms with van der Waals surface area (Å²) in [6.45, 7) is 9.61. The standard InChI is InChI=1S/C34H30ClN3O3S/c1-18-12-22-15-23(17-37-25(22)13-18)26-16-21(10-11-36-26)32-38-27-14-19(2)28(30(33(39)40)41-34(3,4)5)29(31(27)42-32)20-6-8-24(35)9-7-20/h6-12,14-17,30H,13H2,1-5H3,(H,39,40)/t30-/m0/s1. The van der Waals surface area contributed by atoms with Crippen molar-refractivity contribution < 1.29 is 14.6 Å². The molecule has 0 bridgehead atoms. The van der Waals surface area contributed by atoms with Crippen molar-refractivity contribution >= 4 is 45.2 Å². The molecule has 0 saturated carbocycles. The molecule has 0 radical (unpaired) electrons. The van der Waals surface area contributed by atoms with E-state index in [9.17, 15) is 9.90 Å². The average Bonchev–Trinajstić information content (AvgIpc) is 3.53. The van der Waals surface area contributed by atoms with Crippen LogP contribution < -0.4 is 0 Å². The Morgan fingerprint density at radius 2 is 1.79 bits per heavy atom. The van der Waals surface area contributed by atoms with Crippen LogP contribution in [0.15, 0.2) is 66.5 Å². The molecule has 0 aliphatic heterocycles. The van der Waals surface area contributed by atoms with Gasteiger partial charge < -0.3 is 9.84 Å². The number of rotatable bonds is 6. The number of nitrogens with zero attached hydrogens (tertiary/aromatic N) is 3. The Balaban J connectivity index is 1.52. The Hall–Kier alpha value is -3.91. The molecule has 3 heterocycles. The van der Waals surface area contributed by atoms with Crippen molar-refractivity contribution in [1.29, 1.82) is 0 Å². The maximum Gasteiger partial charge on any atom is 0.337 e. The highest BCUT2D eigenvalue weighted by Gasteiger charge is 2.32. The van der Waals surface area contributed by atoms with E-state index >= 15 is 0 Å². The molecule has 1 N–H and O–H groups in total. The van der Waals surface area contributed by atoms with Crippen LogP contribution in [0.25, 0.3) is 49.2 Å². The number of thiazole rings is 1. The minimum Gasteiger partial charge on any atom is -0.479 e. The average molecular weight is 596 g/mol. The van der Waals surface area contributed by atoms with E-state index in [4.69, 9.17) is 21.3 Å². The smallest absolute Gasteiger partial charge is 0.337 e. The molecule has 1 aliphatic carbocycles. The summed E-state index contributed by atoms with van der Waals surface area (Å²) < 4.78 is 7.02. The fourth-order valence-corrected chi connectivity index (χ4v) is 6.63. The van der Waals surface area contributed by atoms with Crippen LogP contribution in [0.4, 0.5) is 0 Å². The second-order valence-corrected chi connectivity index (χ2v) is 13.1. The second-order valence-electron chi connectivity index (χ2n) is 11.7. The molecule has 0 spiro atoms. The van der Waals surface area contributed by atoms with E-state index in [1.807, 2.05) is 76.4 Å². The van der Waals surface area contributed by atoms with Crippen molar-refractivity contribution in [2.24, 2.45) is 0 Å². The van der Waals surface area contributed by atoms with Gasteiger partial charge in [-0.15, -0.1) is 11.3 Å². The summed E-state index contributed by atoms with van der Waals surface area (Å²) >= 11 is 7.76. The first-order valence-corrected chi connectivity index (χ1v) is 14.9. The van der Waals surface area contributed by atoms with Gasteiger partial charge in [0.05, 0.1) is 27.2 Å². The second kappa shape index (κ2) is 10.7. The Bertz CT molecular complexity index is 1890. The zero-order valence-electron chi connectivity index (χ0n) is 24.0. The first-order chi connectivity index (χ1) is 20.0. The first kappa shape index (κ1) is 28.2. The van der Waals surface area contributed by atoms with E-state index in [-0.39, 0.29) is 0 Å². The number of aryl methyl sites for hydroxylation is 1. The topological polar surface area (TPSA) is 85.2 Å². The molecule has 42 heavy (non-hydrogen) atoms. The Labute approximate surface area is 253 Å². The lowest BCUT2D eigenvalue weighted by Crippen LogP contribution is -2.28. The highest BCUT2D eigenvalue weighted by Crippen LogP contribution is 2.44. The summed E-state index contributed by atoms with van der Waals surface area (Å²) in [4.78, 5) is 26.9. The van der Waals surface area contributed by atoms with E-state index in [0.29, 0.717) is 10.6 Å². The van der Waals surface area contributed by atoms with Crippen molar-refractivity contribution in [3.8, 4) is 33.0 Å². The molecular weight excluding hydrogens is 566 g/mol. The lowest BCUT2D eigenvalue weighted by atomic mass is 9.91. The summed E-state index contributed by atoms with van der Waals surface area (Å²) in [5.41, 5.74) is 9.40. The number of carbonyl (C=O) groups is 1. The molecule has 6 rings (SSSR count). The van der Waals surface area contributed by atoms with Gasteiger partial charge >= 0.3 is 5.97 Å². The summed E-state index contributed by atoms with van der Waals surface area (Å²) in [5, 5.41) is 11.7. The van der Waals surface area contributed by atoms with Gasteiger partial charge in [0.25, 0.3) is 0 Å². The number of ether oxygens (including phenoxy) is 1. The number of carboxylic acids is 1. The molecule has 0 fully saturated rings. The number of fused-ring (bicyclic) bond motifs is 2. The van der Waals surface area contributed by atoms with Gasteiger partial charge in [0.1, 0.15) is 5.01 Å². The van der Waals surface area contributed by atoms with E-state index < -0.39 is 17.7 Å². The molecular formula is C34H30ClN3O3S. The summed E-state index contributed by atoms with van der Waals surface area (Å²) in [5.74, 6) is -1.04. The van der Waals surface area contributed by atoms with Crippen LogP contribution in [-0.2, 0) is 16.0 Å². The van der Waals surface area contributed by atoms with Crippen molar-refractivity contribution in [2.45, 2.75) is 52.7 Å².